The van der Waals surface area contributed by atoms with Gasteiger partial charge in [-0.2, -0.15) is 4.99 Å². The molecule has 0 saturated carbocycles. The summed E-state index contributed by atoms with van der Waals surface area (Å²) in [6, 6.07) is 18.7. The topological polar surface area (TPSA) is 84.6 Å². The van der Waals surface area contributed by atoms with Gasteiger partial charge in [-0.15, -0.1) is 18.3 Å². The summed E-state index contributed by atoms with van der Waals surface area (Å²) in [6.45, 7) is 7.59. The first-order chi connectivity index (χ1) is 20.6. The number of aryl methyl sites for hydroxylation is 1. The largest absolute Gasteiger partial charge is 0.573 e. The number of amidine groups is 1. The van der Waals surface area contributed by atoms with Crippen LogP contribution in [0.4, 0.5) is 23.7 Å². The summed E-state index contributed by atoms with van der Waals surface area (Å²) in [5.41, 5.74) is 5.77. The van der Waals surface area contributed by atoms with E-state index in [1.54, 1.807) is 11.8 Å². The number of hydrogen-bond acceptors (Lipinski definition) is 5. The van der Waals surface area contributed by atoms with Crippen molar-refractivity contribution in [3.05, 3.63) is 89.7 Å². The van der Waals surface area contributed by atoms with Gasteiger partial charge in [0, 0.05) is 30.1 Å². The predicted molar refractivity (Wildman–Crippen MR) is 163 cm³/mol. The summed E-state index contributed by atoms with van der Waals surface area (Å²) >= 11 is 1.59. The SMILES string of the molecule is Cc1cccc(N2CCCSC2=NC(=O)NCc2ccc(-c3ncn(-c4ccc(OC(F)(F)F)cc4)n3)cc2)c1C(C)C. The highest BCUT2D eigenvalue weighted by Gasteiger charge is 2.31. The van der Waals surface area contributed by atoms with Crippen molar-refractivity contribution in [2.24, 2.45) is 4.99 Å². The van der Waals surface area contributed by atoms with Crippen LogP contribution in [0.2, 0.25) is 0 Å². The smallest absolute Gasteiger partial charge is 0.406 e. The Balaban J connectivity index is 1.21. The maximum absolute atomic E-state index is 12.8. The van der Waals surface area contributed by atoms with E-state index in [1.807, 2.05) is 30.3 Å². The number of carbonyl (C=O) groups excluding carboxylic acids is 1. The van der Waals surface area contributed by atoms with Gasteiger partial charge in [-0.25, -0.2) is 14.5 Å². The van der Waals surface area contributed by atoms with Gasteiger partial charge < -0.3 is 15.0 Å². The summed E-state index contributed by atoms with van der Waals surface area (Å²) in [5, 5.41) is 8.02. The molecule has 2 heterocycles. The molecular formula is C31H31F3N6O2S. The van der Waals surface area contributed by atoms with Crippen LogP contribution < -0.4 is 15.0 Å². The van der Waals surface area contributed by atoms with Gasteiger partial charge in [0.1, 0.15) is 12.1 Å². The number of benzene rings is 3. The number of hydrogen-bond donors (Lipinski definition) is 1. The molecule has 0 spiro atoms. The predicted octanol–water partition coefficient (Wildman–Crippen LogP) is 7.47. The fourth-order valence-electron chi connectivity index (χ4n) is 4.92. The Labute approximate surface area is 252 Å². The highest BCUT2D eigenvalue weighted by Crippen LogP contribution is 2.34. The van der Waals surface area contributed by atoms with Crippen LogP contribution in [0.5, 0.6) is 5.75 Å². The molecule has 1 saturated heterocycles. The highest BCUT2D eigenvalue weighted by atomic mass is 32.2. The van der Waals surface area contributed by atoms with Crippen LogP contribution in [0.3, 0.4) is 0 Å². The average molecular weight is 609 g/mol. The third kappa shape index (κ3) is 7.56. The molecule has 0 aliphatic carbocycles. The molecule has 4 aromatic rings. The lowest BCUT2D eigenvalue weighted by atomic mass is 9.95. The number of alkyl halides is 3. The molecule has 0 radical (unpaired) electrons. The molecule has 1 aromatic heterocycles. The number of amides is 2. The third-order valence-electron chi connectivity index (χ3n) is 6.84. The van der Waals surface area contributed by atoms with Crippen LogP contribution in [0, 0.1) is 6.92 Å². The maximum atomic E-state index is 12.8. The number of aliphatic imine (C=N–C) groups is 1. The lowest BCUT2D eigenvalue weighted by Crippen LogP contribution is -2.36. The van der Waals surface area contributed by atoms with E-state index in [9.17, 15) is 18.0 Å². The molecule has 1 N–H and O–H groups in total. The molecule has 0 atom stereocenters. The summed E-state index contributed by atoms with van der Waals surface area (Å²) in [7, 11) is 0. The van der Waals surface area contributed by atoms with Gasteiger partial charge in [0.15, 0.2) is 11.0 Å². The van der Waals surface area contributed by atoms with Crippen molar-refractivity contribution >= 4 is 28.6 Å². The van der Waals surface area contributed by atoms with Gasteiger partial charge in [0.05, 0.1) is 5.69 Å². The molecule has 224 valence electrons. The van der Waals surface area contributed by atoms with Gasteiger partial charge in [0.2, 0.25) is 0 Å². The number of anilines is 1. The summed E-state index contributed by atoms with van der Waals surface area (Å²) in [4.78, 5) is 23.7. The maximum Gasteiger partial charge on any atom is 0.573 e. The minimum Gasteiger partial charge on any atom is -0.406 e. The van der Waals surface area contributed by atoms with Crippen LogP contribution in [0.15, 0.2) is 78.0 Å². The van der Waals surface area contributed by atoms with E-state index in [0.717, 1.165) is 35.5 Å². The Kier molecular flexibility index (Phi) is 9.05. The Bertz CT molecular complexity index is 1600. The fourth-order valence-corrected chi connectivity index (χ4v) is 5.87. The number of urea groups is 1. The van der Waals surface area contributed by atoms with E-state index in [1.165, 1.54) is 46.4 Å². The molecule has 1 aliphatic rings. The number of rotatable bonds is 7. The summed E-state index contributed by atoms with van der Waals surface area (Å²) in [5.74, 6) is 1.39. The second-order valence-electron chi connectivity index (χ2n) is 10.3. The molecule has 1 aliphatic heterocycles. The van der Waals surface area contributed by atoms with E-state index in [2.05, 4.69) is 62.9 Å². The number of halogens is 3. The highest BCUT2D eigenvalue weighted by molar-refractivity contribution is 8.14. The van der Waals surface area contributed by atoms with E-state index in [0.29, 0.717) is 29.1 Å². The van der Waals surface area contributed by atoms with Crippen LogP contribution in [-0.4, -0.2) is 44.6 Å². The molecule has 0 unspecified atom stereocenters. The molecule has 2 amide bonds. The zero-order valence-corrected chi connectivity index (χ0v) is 24.7. The Morgan fingerprint density at radius 3 is 2.53 bits per heavy atom. The number of thioether (sulfide) groups is 1. The first kappa shape index (κ1) is 30.1. The molecular weight excluding hydrogens is 577 g/mol. The zero-order chi connectivity index (χ0) is 30.6. The van der Waals surface area contributed by atoms with Crippen molar-refractivity contribution in [2.45, 2.75) is 46.0 Å². The number of nitrogens with one attached hydrogen (secondary N) is 1. The summed E-state index contributed by atoms with van der Waals surface area (Å²) in [6.07, 6.45) is -2.26. The molecule has 1 fully saturated rings. The Morgan fingerprint density at radius 2 is 1.84 bits per heavy atom. The van der Waals surface area contributed by atoms with Gasteiger partial charge in [-0.1, -0.05) is 62.0 Å². The van der Waals surface area contributed by atoms with Crippen molar-refractivity contribution < 1.29 is 22.7 Å². The minimum absolute atomic E-state index is 0.302. The number of carbonyl (C=O) groups is 1. The van der Waals surface area contributed by atoms with Crippen molar-refractivity contribution in [1.29, 1.82) is 0 Å². The van der Waals surface area contributed by atoms with Crippen LogP contribution in [0.1, 0.15) is 42.9 Å². The lowest BCUT2D eigenvalue weighted by molar-refractivity contribution is -0.274. The number of aromatic nitrogens is 3. The van der Waals surface area contributed by atoms with Gasteiger partial charge in [0.25, 0.3) is 0 Å². The van der Waals surface area contributed by atoms with E-state index < -0.39 is 12.4 Å². The van der Waals surface area contributed by atoms with Crippen molar-refractivity contribution in [2.75, 3.05) is 17.2 Å². The lowest BCUT2D eigenvalue weighted by Gasteiger charge is -2.32. The minimum atomic E-state index is -4.75. The van der Waals surface area contributed by atoms with Crippen molar-refractivity contribution in [3.8, 4) is 22.8 Å². The van der Waals surface area contributed by atoms with Crippen LogP contribution in [-0.2, 0) is 6.54 Å². The molecule has 12 heteroatoms. The molecule has 0 bridgehead atoms. The standard InChI is InChI=1S/C31H31F3N6O2S/c1-20(2)27-21(3)6-4-7-26(27)39-16-5-17-43-30(39)37-29(41)35-18-22-8-10-23(11-9-22)28-36-19-40(38-28)24-12-14-25(15-13-24)42-31(32,33)34/h4,6-15,19-20H,5,16-18H2,1-3H3,(H,35,41). The number of ether oxygens (including phenoxy) is 1. The quantitative estimate of drug-likeness (QED) is 0.234. The van der Waals surface area contributed by atoms with E-state index in [4.69, 9.17) is 0 Å². The second kappa shape index (κ2) is 12.9. The van der Waals surface area contributed by atoms with E-state index >= 15 is 0 Å². The Morgan fingerprint density at radius 1 is 1.09 bits per heavy atom. The van der Waals surface area contributed by atoms with Crippen molar-refractivity contribution in [1.82, 2.24) is 20.1 Å². The number of nitrogens with zero attached hydrogens (tertiary/aromatic N) is 5. The third-order valence-corrected chi connectivity index (χ3v) is 7.90. The second-order valence-corrected chi connectivity index (χ2v) is 11.4. The van der Waals surface area contributed by atoms with Gasteiger partial charge in [-0.3, -0.25) is 0 Å². The van der Waals surface area contributed by atoms with Crippen LogP contribution in [0.25, 0.3) is 17.1 Å². The molecule has 3 aromatic carbocycles. The van der Waals surface area contributed by atoms with Crippen molar-refractivity contribution in [3.63, 3.8) is 0 Å². The monoisotopic (exact) mass is 608 g/mol. The first-order valence-electron chi connectivity index (χ1n) is 13.8. The Hall–Kier alpha value is -4.32. The summed E-state index contributed by atoms with van der Waals surface area (Å²) < 4.78 is 42.6. The van der Waals surface area contributed by atoms with Crippen LogP contribution >= 0.6 is 11.8 Å². The molecule has 43 heavy (non-hydrogen) atoms. The molecule has 5 rings (SSSR count). The zero-order valence-electron chi connectivity index (χ0n) is 23.9. The fraction of sp³-hybridized carbons (Fsp3) is 0.290. The van der Waals surface area contributed by atoms with E-state index in [-0.39, 0.29) is 5.75 Å². The first-order valence-corrected chi connectivity index (χ1v) is 14.8. The van der Waals surface area contributed by atoms with Gasteiger partial charge in [-0.05, 0) is 66.3 Å². The normalized spacial score (nSPS) is 14.8. The average Bonchev–Trinajstić information content (AvgIpc) is 3.46. The molecule has 8 nitrogen and oxygen atoms in total. The van der Waals surface area contributed by atoms with Gasteiger partial charge >= 0.3 is 12.4 Å².